The van der Waals surface area contributed by atoms with Crippen LogP contribution in [-0.2, 0) is 0 Å². The van der Waals surface area contributed by atoms with Gasteiger partial charge in [-0.3, -0.25) is 4.79 Å². The van der Waals surface area contributed by atoms with Gasteiger partial charge in [0.2, 0.25) is 0 Å². The summed E-state index contributed by atoms with van der Waals surface area (Å²) < 4.78 is 0. The van der Waals surface area contributed by atoms with E-state index >= 15 is 0 Å². The van der Waals surface area contributed by atoms with Crippen LogP contribution in [0.1, 0.15) is 10.4 Å². The van der Waals surface area contributed by atoms with E-state index in [1.54, 1.807) is 23.9 Å². The summed E-state index contributed by atoms with van der Waals surface area (Å²) >= 11 is 7.50. The summed E-state index contributed by atoms with van der Waals surface area (Å²) in [6, 6.07) is 5.39. The minimum atomic E-state index is -0.179. The van der Waals surface area contributed by atoms with Crippen molar-refractivity contribution in [1.82, 2.24) is 5.32 Å². The number of benzene rings is 1. The monoisotopic (exact) mass is 244 g/mol. The van der Waals surface area contributed by atoms with E-state index in [1.807, 2.05) is 12.3 Å². The molecule has 0 fully saturated rings. The van der Waals surface area contributed by atoms with Crippen LogP contribution in [0.15, 0.2) is 23.1 Å². The standard InChI is InChI=1S/C10H13ClN2OS/c1-15-7-2-3-9(11)8(6-7)10(14)13-5-4-12/h2-3,6H,4-5,12H2,1H3,(H,13,14). The zero-order valence-electron chi connectivity index (χ0n) is 8.42. The van der Waals surface area contributed by atoms with Gasteiger partial charge in [-0.2, -0.15) is 0 Å². The third kappa shape index (κ3) is 3.41. The summed E-state index contributed by atoms with van der Waals surface area (Å²) in [4.78, 5) is 12.6. The molecule has 0 spiro atoms. The molecule has 15 heavy (non-hydrogen) atoms. The number of nitrogens with one attached hydrogen (secondary N) is 1. The van der Waals surface area contributed by atoms with Gasteiger partial charge in [0, 0.05) is 18.0 Å². The van der Waals surface area contributed by atoms with Gasteiger partial charge in [-0.1, -0.05) is 11.6 Å². The van der Waals surface area contributed by atoms with Crippen molar-refractivity contribution >= 4 is 29.3 Å². The van der Waals surface area contributed by atoms with Crippen molar-refractivity contribution < 1.29 is 4.79 Å². The smallest absolute Gasteiger partial charge is 0.252 e. The first kappa shape index (κ1) is 12.4. The molecular formula is C10H13ClN2OS. The average molecular weight is 245 g/mol. The Kier molecular flexibility index (Phi) is 4.94. The van der Waals surface area contributed by atoms with Crippen molar-refractivity contribution in [3.05, 3.63) is 28.8 Å². The molecule has 5 heteroatoms. The molecule has 82 valence electrons. The fraction of sp³-hybridized carbons (Fsp3) is 0.300. The van der Waals surface area contributed by atoms with E-state index in [0.29, 0.717) is 23.7 Å². The molecule has 0 atom stereocenters. The highest BCUT2D eigenvalue weighted by molar-refractivity contribution is 7.98. The predicted molar refractivity (Wildman–Crippen MR) is 64.6 cm³/mol. The maximum absolute atomic E-state index is 11.6. The van der Waals surface area contributed by atoms with Crippen LogP contribution in [0.5, 0.6) is 0 Å². The van der Waals surface area contributed by atoms with Crippen molar-refractivity contribution in [2.45, 2.75) is 4.90 Å². The summed E-state index contributed by atoms with van der Waals surface area (Å²) in [5, 5.41) is 3.14. The fourth-order valence-electron chi connectivity index (χ4n) is 1.09. The molecule has 1 amide bonds. The number of hydrogen-bond acceptors (Lipinski definition) is 3. The van der Waals surface area contributed by atoms with Crippen molar-refractivity contribution in [2.75, 3.05) is 19.3 Å². The lowest BCUT2D eigenvalue weighted by atomic mass is 10.2. The Morgan fingerprint density at radius 1 is 1.60 bits per heavy atom. The van der Waals surface area contributed by atoms with Gasteiger partial charge in [0.05, 0.1) is 10.6 Å². The van der Waals surface area contributed by atoms with Gasteiger partial charge < -0.3 is 11.1 Å². The molecule has 0 heterocycles. The van der Waals surface area contributed by atoms with Gasteiger partial charge in [0.25, 0.3) is 5.91 Å². The number of halogens is 1. The molecule has 0 unspecified atom stereocenters. The highest BCUT2D eigenvalue weighted by Crippen LogP contribution is 2.22. The Balaban J connectivity index is 2.86. The summed E-state index contributed by atoms with van der Waals surface area (Å²) in [6.07, 6.45) is 1.95. The zero-order chi connectivity index (χ0) is 11.3. The van der Waals surface area contributed by atoms with Crippen LogP contribution in [0.2, 0.25) is 5.02 Å². The maximum atomic E-state index is 11.6. The molecule has 0 bridgehead atoms. The number of hydrogen-bond donors (Lipinski definition) is 2. The van der Waals surface area contributed by atoms with Gasteiger partial charge in [0.15, 0.2) is 0 Å². The third-order valence-electron chi connectivity index (χ3n) is 1.85. The van der Waals surface area contributed by atoms with Gasteiger partial charge in [-0.05, 0) is 24.5 Å². The molecule has 0 aromatic heterocycles. The lowest BCUT2D eigenvalue weighted by molar-refractivity contribution is 0.0954. The Morgan fingerprint density at radius 2 is 2.33 bits per heavy atom. The summed E-state index contributed by atoms with van der Waals surface area (Å²) in [5.74, 6) is -0.179. The van der Waals surface area contributed by atoms with Crippen LogP contribution in [0.25, 0.3) is 0 Å². The summed E-state index contributed by atoms with van der Waals surface area (Å²) in [6.45, 7) is 0.879. The number of carbonyl (C=O) groups excluding carboxylic acids is 1. The quantitative estimate of drug-likeness (QED) is 0.794. The predicted octanol–water partition coefficient (Wildman–Crippen LogP) is 1.75. The Bertz CT molecular complexity index is 357. The molecule has 0 aliphatic carbocycles. The Labute approximate surface area is 98.4 Å². The number of amides is 1. The van der Waals surface area contributed by atoms with E-state index in [0.717, 1.165) is 4.90 Å². The molecular weight excluding hydrogens is 232 g/mol. The minimum Gasteiger partial charge on any atom is -0.351 e. The van der Waals surface area contributed by atoms with Crippen LogP contribution in [-0.4, -0.2) is 25.3 Å². The molecule has 3 nitrogen and oxygen atoms in total. The van der Waals surface area contributed by atoms with Crippen LogP contribution >= 0.6 is 23.4 Å². The van der Waals surface area contributed by atoms with E-state index < -0.39 is 0 Å². The van der Waals surface area contributed by atoms with Gasteiger partial charge in [0.1, 0.15) is 0 Å². The highest BCUT2D eigenvalue weighted by atomic mass is 35.5. The van der Waals surface area contributed by atoms with Crippen molar-refractivity contribution in [1.29, 1.82) is 0 Å². The summed E-state index contributed by atoms with van der Waals surface area (Å²) in [7, 11) is 0. The van der Waals surface area contributed by atoms with Crippen molar-refractivity contribution in [3.8, 4) is 0 Å². The van der Waals surface area contributed by atoms with Gasteiger partial charge >= 0.3 is 0 Å². The average Bonchev–Trinajstić information content (AvgIpc) is 2.26. The topological polar surface area (TPSA) is 55.1 Å². The SMILES string of the molecule is CSc1ccc(Cl)c(C(=O)NCCN)c1. The second-order valence-electron chi connectivity index (χ2n) is 2.89. The van der Waals surface area contributed by atoms with Crippen molar-refractivity contribution in [2.24, 2.45) is 5.73 Å². The molecule has 3 N–H and O–H groups in total. The lowest BCUT2D eigenvalue weighted by Gasteiger charge is -2.06. The number of nitrogens with two attached hydrogens (primary N) is 1. The minimum absolute atomic E-state index is 0.179. The van der Waals surface area contributed by atoms with E-state index in [4.69, 9.17) is 17.3 Å². The molecule has 0 radical (unpaired) electrons. The number of carbonyl (C=O) groups is 1. The molecule has 1 aromatic rings. The Morgan fingerprint density at radius 3 is 2.93 bits per heavy atom. The molecule has 1 aromatic carbocycles. The zero-order valence-corrected chi connectivity index (χ0v) is 9.99. The Hall–Kier alpha value is -0.710. The highest BCUT2D eigenvalue weighted by Gasteiger charge is 2.09. The number of rotatable bonds is 4. The van der Waals surface area contributed by atoms with Crippen LogP contribution in [0.4, 0.5) is 0 Å². The second kappa shape index (κ2) is 6.00. The second-order valence-corrected chi connectivity index (χ2v) is 4.18. The van der Waals surface area contributed by atoms with E-state index in [-0.39, 0.29) is 5.91 Å². The van der Waals surface area contributed by atoms with Crippen LogP contribution in [0.3, 0.4) is 0 Å². The first-order valence-electron chi connectivity index (χ1n) is 4.51. The van der Waals surface area contributed by atoms with Crippen molar-refractivity contribution in [3.63, 3.8) is 0 Å². The first-order valence-corrected chi connectivity index (χ1v) is 6.11. The maximum Gasteiger partial charge on any atom is 0.252 e. The number of thioether (sulfide) groups is 1. The largest absolute Gasteiger partial charge is 0.351 e. The first-order chi connectivity index (χ1) is 7.19. The fourth-order valence-corrected chi connectivity index (χ4v) is 1.73. The summed E-state index contributed by atoms with van der Waals surface area (Å²) in [5.41, 5.74) is 5.79. The van der Waals surface area contributed by atoms with E-state index in [2.05, 4.69) is 5.32 Å². The van der Waals surface area contributed by atoms with E-state index in [9.17, 15) is 4.79 Å². The molecule has 0 aliphatic rings. The lowest BCUT2D eigenvalue weighted by Crippen LogP contribution is -2.29. The molecule has 0 saturated carbocycles. The molecule has 0 saturated heterocycles. The van der Waals surface area contributed by atoms with Gasteiger partial charge in [-0.25, -0.2) is 0 Å². The van der Waals surface area contributed by atoms with Crippen LogP contribution in [0, 0.1) is 0 Å². The molecule has 1 rings (SSSR count). The molecule has 0 aliphatic heterocycles. The third-order valence-corrected chi connectivity index (χ3v) is 2.90. The van der Waals surface area contributed by atoms with Crippen LogP contribution < -0.4 is 11.1 Å². The van der Waals surface area contributed by atoms with Gasteiger partial charge in [-0.15, -0.1) is 11.8 Å². The normalized spacial score (nSPS) is 10.1. The van der Waals surface area contributed by atoms with E-state index in [1.165, 1.54) is 0 Å².